The molecule has 38 nitrogen and oxygen atoms in total. The Morgan fingerprint density at radius 2 is 0.500 bits per heavy atom. The number of nitrogens with zero attached hydrogens (tertiary/aromatic N) is 9. The van der Waals surface area contributed by atoms with Crippen LogP contribution in [0.15, 0.2) is 228 Å². The molecule has 8 saturated heterocycles. The summed E-state index contributed by atoms with van der Waals surface area (Å²) in [5, 5.41) is 25.6. The first-order valence-corrected chi connectivity index (χ1v) is 52.0. The monoisotopic (exact) mass is 2080 g/mol. The molecule has 0 bridgehead atoms. The molecule has 38 heteroatoms. The molecule has 0 amide bonds. The SMILES string of the molecule is CO[C@@H]1OC(COC(C)=O)[C@@H](O[C@@H]2OC(C)[C@@H](O[C@@H]3OC(COC(C)=O)[C@@H](O[C@@H]4OC(Cc5ccccc5)[C@@H](O[C@@H]5OC(COC(C)=O)[C@@H](O[C@@H]6OC(Cc7ccccc7)[C@H](OC7OC(COC(C)=O)[C@@H](O[C@@H]8OC(Cc9ccccc9)[C@@H](O)[C@@H](OCc9ccccc9)C8C)[C@H](C)C7N=[N+]=[N-])[C@@H](OCc7ccccc7)C6C)[C@H](C)C5N=[N+]=[N-])[C@@H](OCc5ccccc5)C4C)[C@H](C)C3N=[N+]=[N-])[C@@H](OCc3ccccc3)C2C)[C@H](C)C1C. The fourth-order valence-electron chi connectivity index (χ4n) is 21.6. The van der Waals surface area contributed by atoms with E-state index in [1.807, 2.05) is 282 Å². The number of carbonyl (C=O) groups excluding carboxylic acids is 4. The standard InChI is InChI=1S/C112H143N9O29/c1-62-63(2)105(127-15)140-86(58-128-72(11)122)94(62)144-106-68(7)99(133-55-80-45-31-20-32-46-80)102(71(10)136-106)148-110-90(116-119-113)64(3)96(87(141-110)59-129-73(12)123)146-108-69(8)100(134-56-81-47-33-21-34-48-81)104(84(138-108)52-77-39-25-17-26-40-77)150-112-92(118-121-115)66(5)97(89(143-112)61-131-75(14)125)147-109-70(9)101(135-57-82-49-35-22-36-50-82)103(85(139-109)53-78-41-27-18-28-42-78)149-111-91(117-120-114)65(4)95(88(142-111)60-130-74(13)124)145-107-67(6)98(132-54-79-43-29-19-30-44-79)93(126)83(137-107)51-76-37-23-16-24-38-76/h16-50,62-71,83-112,126H,51-61H2,1-15H3/t62-,63?,64-,65-,66-,67?,68?,69?,70?,71?,83?,84?,85?,86?,87?,88?,89?,90?,91?,92?,93-,94+,95+,96+,97+,98+,99+,100+,101+,102-,103+,104-,105-,106+,107+,108+,109+,110+,111?,112+/m1/s1. The number of ether oxygens (including phenoxy) is 24. The molecule has 0 aliphatic carbocycles. The third kappa shape index (κ3) is 29.1. The molecule has 8 aliphatic rings. The number of aliphatic hydroxyl groups excluding tert-OH is 1. The summed E-state index contributed by atoms with van der Waals surface area (Å²) in [6.07, 6.45) is -28.6. The molecule has 15 rings (SSSR count). The van der Waals surface area contributed by atoms with Crippen molar-refractivity contribution in [3.8, 4) is 0 Å². The molecule has 0 aromatic heterocycles. The lowest BCUT2D eigenvalue weighted by Gasteiger charge is -2.52. The molecule has 1 N–H and O–H groups in total. The molecular formula is C112H143N9O29. The highest BCUT2D eigenvalue weighted by Crippen LogP contribution is 2.48. The molecule has 0 spiro atoms. The summed E-state index contributed by atoms with van der Waals surface area (Å²) in [7, 11) is 1.56. The zero-order valence-corrected chi connectivity index (χ0v) is 87.5. The zero-order valence-electron chi connectivity index (χ0n) is 87.5. The Labute approximate surface area is 875 Å². The van der Waals surface area contributed by atoms with Gasteiger partial charge in [-0.15, -0.1) is 0 Å². The third-order valence-electron chi connectivity index (χ3n) is 30.0. The van der Waals surface area contributed by atoms with Crippen molar-refractivity contribution in [3.63, 3.8) is 0 Å². The van der Waals surface area contributed by atoms with Gasteiger partial charge in [-0.25, -0.2) is 0 Å². The maximum atomic E-state index is 13.4. The molecule has 40 atom stereocenters. The van der Waals surface area contributed by atoms with Crippen LogP contribution >= 0.6 is 0 Å². The van der Waals surface area contributed by atoms with Crippen LogP contribution in [-0.4, -0.2) is 253 Å². The number of benzene rings is 7. The molecule has 7 aromatic rings. The minimum absolute atomic E-state index is 0.0270. The van der Waals surface area contributed by atoms with E-state index >= 15 is 0 Å². The summed E-state index contributed by atoms with van der Waals surface area (Å²) in [5.74, 6) is -8.07. The first-order valence-electron chi connectivity index (χ1n) is 52.0. The van der Waals surface area contributed by atoms with Gasteiger partial charge in [0.1, 0.15) is 75.3 Å². The predicted octanol–water partition coefficient (Wildman–Crippen LogP) is 16.6. The van der Waals surface area contributed by atoms with Crippen LogP contribution in [0.5, 0.6) is 0 Å². The Morgan fingerprint density at radius 1 is 0.267 bits per heavy atom. The lowest BCUT2D eigenvalue weighted by atomic mass is 9.84. The fraction of sp³-hybridized carbons (Fsp3) is 0.589. The molecule has 17 unspecified atom stereocenters. The van der Waals surface area contributed by atoms with Crippen molar-refractivity contribution < 1.29 is 138 Å². The van der Waals surface area contributed by atoms with Gasteiger partial charge in [-0.1, -0.05) is 290 Å². The molecule has 8 aliphatic heterocycles. The molecule has 0 saturated carbocycles. The van der Waals surface area contributed by atoms with E-state index in [4.69, 9.17) is 114 Å². The number of hydrogen-bond donors (Lipinski definition) is 1. The van der Waals surface area contributed by atoms with E-state index in [1.165, 1.54) is 27.7 Å². The normalized spacial score (nSPS) is 36.0. The second-order valence-electron chi connectivity index (χ2n) is 40.6. The third-order valence-corrected chi connectivity index (χ3v) is 30.0. The summed E-state index contributed by atoms with van der Waals surface area (Å²) in [6, 6.07) is 63.4. The van der Waals surface area contributed by atoms with E-state index in [-0.39, 0.29) is 70.9 Å². The van der Waals surface area contributed by atoms with Crippen LogP contribution in [0.2, 0.25) is 0 Å². The minimum Gasteiger partial charge on any atom is -0.463 e. The van der Waals surface area contributed by atoms with Gasteiger partial charge in [0.05, 0.1) is 118 Å². The second kappa shape index (κ2) is 54.9. The second-order valence-corrected chi connectivity index (χ2v) is 40.6. The molecular weight excluding hydrogens is 1940 g/mol. The Balaban J connectivity index is 0.721. The van der Waals surface area contributed by atoms with Crippen molar-refractivity contribution in [2.45, 2.75) is 333 Å². The lowest BCUT2D eigenvalue weighted by molar-refractivity contribution is -0.375. The van der Waals surface area contributed by atoms with Gasteiger partial charge in [-0.2, -0.15) is 0 Å². The fourth-order valence-corrected chi connectivity index (χ4v) is 21.6. The number of carbonyl (C=O) groups is 4. The number of methoxy groups -OCH3 is 1. The van der Waals surface area contributed by atoms with Gasteiger partial charge in [-0.05, 0) is 86.1 Å². The van der Waals surface area contributed by atoms with Gasteiger partial charge in [0.2, 0.25) is 0 Å². The van der Waals surface area contributed by atoms with Gasteiger partial charge in [0, 0.05) is 98.4 Å². The Morgan fingerprint density at radius 3 is 0.793 bits per heavy atom. The van der Waals surface area contributed by atoms with Crippen LogP contribution in [0.4, 0.5) is 0 Å². The number of aliphatic hydroxyl groups is 1. The number of hydrogen-bond acceptors (Lipinski definition) is 32. The maximum absolute atomic E-state index is 13.4. The van der Waals surface area contributed by atoms with E-state index < -0.39 is 262 Å². The molecule has 8 heterocycles. The predicted molar refractivity (Wildman–Crippen MR) is 540 cm³/mol. The topological polar surface area (TPSA) is 456 Å². The van der Waals surface area contributed by atoms with Crippen molar-refractivity contribution in [2.24, 2.45) is 68.6 Å². The number of rotatable bonds is 44. The Bertz CT molecular complexity index is 5510. The van der Waals surface area contributed by atoms with Crippen LogP contribution in [-0.2, 0) is 179 Å². The lowest BCUT2D eigenvalue weighted by Crippen LogP contribution is -2.65. The van der Waals surface area contributed by atoms with E-state index in [1.54, 1.807) is 7.11 Å². The van der Waals surface area contributed by atoms with Crippen LogP contribution in [0.3, 0.4) is 0 Å². The molecule has 8 fully saturated rings. The average Bonchev–Trinajstić information content (AvgIpc) is 0.752. The number of esters is 4. The summed E-state index contributed by atoms with van der Waals surface area (Å²) in [5.41, 5.74) is 38.3. The van der Waals surface area contributed by atoms with Crippen LogP contribution in [0.1, 0.15) is 136 Å². The highest BCUT2D eigenvalue weighted by molar-refractivity contribution is 5.67. The van der Waals surface area contributed by atoms with Gasteiger partial charge < -0.3 is 119 Å². The summed E-state index contributed by atoms with van der Waals surface area (Å²) in [6.45, 7) is 23.1. The first-order chi connectivity index (χ1) is 72.5. The smallest absolute Gasteiger partial charge is 0.302 e. The summed E-state index contributed by atoms with van der Waals surface area (Å²) in [4.78, 5) is 62.3. The van der Waals surface area contributed by atoms with Crippen LogP contribution in [0, 0.1) is 53.3 Å². The Hall–Kier alpha value is -10.5. The van der Waals surface area contributed by atoms with Gasteiger partial charge in [-0.3, -0.25) is 19.2 Å². The van der Waals surface area contributed by atoms with Crippen molar-refractivity contribution in [1.29, 1.82) is 0 Å². The zero-order chi connectivity index (χ0) is 106. The minimum atomic E-state index is -1.49. The van der Waals surface area contributed by atoms with Crippen molar-refractivity contribution >= 4 is 23.9 Å². The molecule has 150 heavy (non-hydrogen) atoms. The van der Waals surface area contributed by atoms with Crippen molar-refractivity contribution in [3.05, 3.63) is 283 Å². The maximum Gasteiger partial charge on any atom is 0.302 e. The van der Waals surface area contributed by atoms with Gasteiger partial charge in [0.25, 0.3) is 0 Å². The average molecular weight is 2080 g/mol. The van der Waals surface area contributed by atoms with Gasteiger partial charge in [0.15, 0.2) is 50.3 Å². The van der Waals surface area contributed by atoms with Crippen molar-refractivity contribution in [2.75, 3.05) is 33.5 Å². The number of azide groups is 3. The van der Waals surface area contributed by atoms with Crippen molar-refractivity contribution in [1.82, 2.24) is 0 Å². The van der Waals surface area contributed by atoms with E-state index in [9.17, 15) is 40.9 Å². The van der Waals surface area contributed by atoms with Gasteiger partial charge >= 0.3 is 23.9 Å². The quantitative estimate of drug-likeness (QED) is 0.0122. The van der Waals surface area contributed by atoms with E-state index in [0.29, 0.717) is 6.42 Å². The highest BCUT2D eigenvalue weighted by Gasteiger charge is 2.60. The first kappa shape index (κ1) is 114. The molecule has 7 aromatic carbocycles. The Kier molecular flexibility index (Phi) is 41.5. The molecule has 0 radical (unpaired) electrons. The highest BCUT2D eigenvalue weighted by atomic mass is 16.8. The summed E-state index contributed by atoms with van der Waals surface area (Å²) < 4.78 is 165. The van der Waals surface area contributed by atoms with E-state index in [0.717, 1.165) is 38.9 Å². The van der Waals surface area contributed by atoms with E-state index in [2.05, 4.69) is 30.1 Å². The van der Waals surface area contributed by atoms with Crippen LogP contribution in [0.25, 0.3) is 31.3 Å². The van der Waals surface area contributed by atoms with Crippen LogP contribution < -0.4 is 0 Å². The summed E-state index contributed by atoms with van der Waals surface area (Å²) >= 11 is 0. The molecule has 810 valence electrons. The largest absolute Gasteiger partial charge is 0.463 e.